The summed E-state index contributed by atoms with van der Waals surface area (Å²) in [7, 11) is 4.05. The van der Waals surface area contributed by atoms with Gasteiger partial charge in [-0.05, 0) is 56.3 Å². The summed E-state index contributed by atoms with van der Waals surface area (Å²) in [6, 6.07) is 0. The molecule has 2 bridgehead atoms. The third-order valence-electron chi connectivity index (χ3n) is 8.30. The third-order valence-corrected chi connectivity index (χ3v) is 12.3. The smallest absolute Gasteiger partial charge is 0.306 e. The van der Waals surface area contributed by atoms with E-state index in [4.69, 9.17) is 4.74 Å². The van der Waals surface area contributed by atoms with Crippen molar-refractivity contribution in [3.8, 4) is 0 Å². The van der Waals surface area contributed by atoms with Crippen LogP contribution < -0.4 is 0 Å². The largest absolute Gasteiger partial charge is 0.459 e. The lowest BCUT2D eigenvalue weighted by Gasteiger charge is -2.63. The lowest BCUT2D eigenvalue weighted by atomic mass is 9.45. The summed E-state index contributed by atoms with van der Waals surface area (Å²) < 4.78 is 6.06. The Kier molecular flexibility index (Phi) is 3.32. The zero-order chi connectivity index (χ0) is 16.7. The molecule has 24 heavy (non-hydrogen) atoms. The maximum absolute atomic E-state index is 12.3. The number of ketones is 1. The van der Waals surface area contributed by atoms with Crippen LogP contribution in [0.5, 0.6) is 0 Å². The Balaban J connectivity index is 1.52. The second-order valence-corrected chi connectivity index (χ2v) is 11.9. The van der Waals surface area contributed by atoms with Crippen LogP contribution in [-0.4, -0.2) is 27.4 Å². The number of carbonyl (C=O) groups excluding carboxylic acids is 2. The van der Waals surface area contributed by atoms with Gasteiger partial charge >= 0.3 is 5.97 Å². The molecule has 0 amide bonds. The number of carbonyl (C=O) groups is 2. The normalized spacial score (nSPS) is 56.1. The Morgan fingerprint density at radius 1 is 1.08 bits per heavy atom. The maximum atomic E-state index is 12.3. The van der Waals surface area contributed by atoms with Crippen LogP contribution in [0.25, 0.3) is 0 Å². The van der Waals surface area contributed by atoms with Gasteiger partial charge in [-0.2, -0.15) is 0 Å². The van der Waals surface area contributed by atoms with Crippen molar-refractivity contribution in [2.45, 2.75) is 80.8 Å². The quantitative estimate of drug-likeness (QED) is 0.470. The van der Waals surface area contributed by atoms with Gasteiger partial charge in [0.15, 0.2) is 0 Å². The predicted molar refractivity (Wildman–Crippen MR) is 96.7 cm³/mol. The van der Waals surface area contributed by atoms with Crippen molar-refractivity contribution < 1.29 is 14.3 Å². The minimum Gasteiger partial charge on any atom is -0.459 e. The lowest BCUT2D eigenvalue weighted by Crippen LogP contribution is -2.64. The van der Waals surface area contributed by atoms with Crippen LogP contribution in [-0.2, 0) is 14.3 Å². The Bertz CT molecular complexity index is 622. The first-order chi connectivity index (χ1) is 11.4. The van der Waals surface area contributed by atoms with Crippen LogP contribution in [0.1, 0.15) is 65.2 Å². The summed E-state index contributed by atoms with van der Waals surface area (Å²) in [6.07, 6.45) is 7.71. The van der Waals surface area contributed by atoms with Gasteiger partial charge in [-0.25, -0.2) is 0 Å². The first kappa shape index (κ1) is 16.0. The summed E-state index contributed by atoms with van der Waals surface area (Å²) in [5.74, 6) is 2.38. The van der Waals surface area contributed by atoms with Gasteiger partial charge in [0.1, 0.15) is 11.4 Å². The zero-order valence-corrected chi connectivity index (χ0v) is 16.1. The van der Waals surface area contributed by atoms with Crippen LogP contribution in [0.4, 0.5) is 0 Å². The first-order valence-corrected chi connectivity index (χ1v) is 11.7. The summed E-state index contributed by atoms with van der Waals surface area (Å²) in [4.78, 5) is 24.2. The SMILES string of the molecule is C[C@@]12[C@@H]3CC[C@]4(C)OC(=O)CC[C@H]4[C@H]3CC[C@]13CC(=O)C[C@H]2SS3. The summed E-state index contributed by atoms with van der Waals surface area (Å²) in [6.45, 7) is 4.69. The first-order valence-electron chi connectivity index (χ1n) is 9.46. The van der Waals surface area contributed by atoms with Crippen molar-refractivity contribution >= 4 is 33.3 Å². The van der Waals surface area contributed by atoms with Gasteiger partial charge in [0.05, 0.1) is 0 Å². The van der Waals surface area contributed by atoms with Crippen molar-refractivity contribution in [3.05, 3.63) is 0 Å². The zero-order valence-electron chi connectivity index (χ0n) is 14.5. The van der Waals surface area contributed by atoms with Gasteiger partial charge in [-0.1, -0.05) is 28.5 Å². The van der Waals surface area contributed by atoms with E-state index in [0.29, 0.717) is 35.2 Å². The van der Waals surface area contributed by atoms with Crippen molar-refractivity contribution in [2.24, 2.45) is 23.2 Å². The summed E-state index contributed by atoms with van der Waals surface area (Å²) in [5, 5.41) is 0.493. The van der Waals surface area contributed by atoms with E-state index in [0.717, 1.165) is 32.1 Å². The van der Waals surface area contributed by atoms with Gasteiger partial charge in [0.25, 0.3) is 0 Å². The number of fused-ring (bicyclic) bond motifs is 3. The van der Waals surface area contributed by atoms with Gasteiger partial charge < -0.3 is 4.74 Å². The molecule has 0 aromatic heterocycles. The second-order valence-electron chi connectivity index (χ2n) is 9.14. The number of hydrogen-bond acceptors (Lipinski definition) is 5. The molecular weight excluding hydrogens is 340 g/mol. The molecule has 5 rings (SSSR count). The maximum Gasteiger partial charge on any atom is 0.306 e. The van der Waals surface area contributed by atoms with Gasteiger partial charge in [0, 0.05) is 35.2 Å². The molecule has 0 radical (unpaired) electrons. The fraction of sp³-hybridized carbons (Fsp3) is 0.895. The second kappa shape index (κ2) is 4.97. The molecule has 0 aromatic rings. The summed E-state index contributed by atoms with van der Waals surface area (Å²) in [5.41, 5.74) is 0.0448. The van der Waals surface area contributed by atoms with Crippen LogP contribution in [0.15, 0.2) is 0 Å². The van der Waals surface area contributed by atoms with E-state index in [1.54, 1.807) is 0 Å². The highest BCUT2D eigenvalue weighted by Crippen LogP contribution is 2.76. The van der Waals surface area contributed by atoms with Gasteiger partial charge in [-0.3, -0.25) is 9.59 Å². The van der Waals surface area contributed by atoms with E-state index in [1.807, 2.05) is 21.6 Å². The number of rotatable bonds is 0. The highest BCUT2D eigenvalue weighted by Gasteiger charge is 2.70. The van der Waals surface area contributed by atoms with Crippen molar-refractivity contribution in [2.75, 3.05) is 0 Å². The van der Waals surface area contributed by atoms with Crippen LogP contribution in [0.2, 0.25) is 0 Å². The van der Waals surface area contributed by atoms with Crippen molar-refractivity contribution in [3.63, 3.8) is 0 Å². The number of esters is 1. The molecule has 5 aliphatic rings. The number of hydrogen-bond donors (Lipinski definition) is 0. The highest BCUT2D eigenvalue weighted by atomic mass is 33.1. The summed E-state index contributed by atoms with van der Waals surface area (Å²) >= 11 is 0. The molecule has 2 aliphatic heterocycles. The molecular formula is C19H26O3S2. The van der Waals surface area contributed by atoms with E-state index in [2.05, 4.69) is 13.8 Å². The fourth-order valence-electron chi connectivity index (χ4n) is 7.02. The molecule has 7 atom stereocenters. The van der Waals surface area contributed by atoms with E-state index in [9.17, 15) is 9.59 Å². The molecule has 3 nitrogen and oxygen atoms in total. The van der Waals surface area contributed by atoms with E-state index < -0.39 is 0 Å². The Hall–Kier alpha value is -0.160. The molecule has 0 N–H and O–H groups in total. The standard InChI is InChI=1S/C19H26O3S2/c1-17-7-6-14-12(13(17)3-4-16(21)22-17)5-8-19-10-11(20)9-15(23-24-19)18(14,19)2/h12-15H,3-10H2,1-2H3/t12-,13+,14-,15-,17+,18+,19+/m1/s1. The molecule has 0 spiro atoms. The van der Waals surface area contributed by atoms with E-state index >= 15 is 0 Å². The minimum absolute atomic E-state index is 0.000125. The van der Waals surface area contributed by atoms with E-state index in [-0.39, 0.29) is 21.7 Å². The van der Waals surface area contributed by atoms with Gasteiger partial charge in [0.2, 0.25) is 0 Å². The molecule has 3 aliphatic carbocycles. The molecule has 5 heteroatoms. The Morgan fingerprint density at radius 3 is 2.75 bits per heavy atom. The molecule has 5 fully saturated rings. The van der Waals surface area contributed by atoms with Gasteiger partial charge in [-0.15, -0.1) is 0 Å². The van der Waals surface area contributed by atoms with Crippen molar-refractivity contribution in [1.82, 2.24) is 0 Å². The molecule has 132 valence electrons. The molecule has 3 saturated carbocycles. The molecule has 2 saturated heterocycles. The van der Waals surface area contributed by atoms with Crippen LogP contribution in [0, 0.1) is 23.2 Å². The predicted octanol–water partition coefficient (Wildman–Crippen LogP) is 4.39. The molecule has 2 heterocycles. The molecule has 0 unspecified atom stereocenters. The third kappa shape index (κ3) is 1.84. The topological polar surface area (TPSA) is 43.4 Å². The van der Waals surface area contributed by atoms with Crippen LogP contribution in [0.3, 0.4) is 0 Å². The Labute approximate surface area is 151 Å². The molecule has 0 aromatic carbocycles. The minimum atomic E-state index is -0.235. The fourth-order valence-corrected chi connectivity index (χ4v) is 11.8. The van der Waals surface area contributed by atoms with Crippen molar-refractivity contribution in [1.29, 1.82) is 0 Å². The monoisotopic (exact) mass is 366 g/mol. The van der Waals surface area contributed by atoms with Crippen LogP contribution >= 0.6 is 21.6 Å². The average Bonchev–Trinajstić information content (AvgIpc) is 2.68. The number of ether oxygens (including phenoxy) is 1. The number of Topliss-reactive ketones (excluding diaryl/α,β-unsaturated/α-hetero) is 1. The lowest BCUT2D eigenvalue weighted by molar-refractivity contribution is -0.199. The van der Waals surface area contributed by atoms with E-state index in [1.165, 1.54) is 12.8 Å². The Morgan fingerprint density at radius 2 is 1.92 bits per heavy atom. The highest BCUT2D eigenvalue weighted by molar-refractivity contribution is 8.78. The average molecular weight is 367 g/mol.